The average Bonchev–Trinajstić information content (AvgIpc) is 3.35. The first-order chi connectivity index (χ1) is 15.2. The number of pyridine rings is 1. The Morgan fingerprint density at radius 1 is 1.12 bits per heavy atom. The third-order valence-corrected chi connectivity index (χ3v) is 6.00. The zero-order chi connectivity index (χ0) is 22.6. The van der Waals surface area contributed by atoms with Crippen LogP contribution in [0.25, 0.3) is 11.3 Å². The van der Waals surface area contributed by atoms with Crippen LogP contribution in [0, 0.1) is 6.92 Å². The molecule has 3 aromatic heterocycles. The van der Waals surface area contributed by atoms with E-state index in [-0.39, 0.29) is 11.7 Å². The molecule has 3 aromatic rings. The normalized spacial score (nSPS) is 18.5. The summed E-state index contributed by atoms with van der Waals surface area (Å²) in [5, 5.41) is 11.0. The number of carbonyl (C=O) groups is 1. The summed E-state index contributed by atoms with van der Waals surface area (Å²) >= 11 is 0. The first kappa shape index (κ1) is 20.7. The van der Waals surface area contributed by atoms with Crippen molar-refractivity contribution in [3.8, 4) is 11.3 Å². The Hall–Kier alpha value is -3.17. The van der Waals surface area contributed by atoms with Crippen LogP contribution >= 0.6 is 0 Å². The topological polar surface area (TPSA) is 77.6 Å². The maximum atomic E-state index is 13.0. The second-order valence-electron chi connectivity index (χ2n) is 8.58. The van der Waals surface area contributed by atoms with Gasteiger partial charge in [0.25, 0.3) is 5.91 Å². The van der Waals surface area contributed by atoms with E-state index < -0.39 is 17.8 Å². The molecule has 1 saturated carbocycles. The Labute approximate surface area is 182 Å². The molecule has 10 heteroatoms. The number of alkyl halides is 3. The standard InChI is InChI=1S/C22H23F3N6O/c1-12-8-14(9-16(26-12)13-5-6-13)17-10-18-15(4-3-7-31(18)28-17)27-21(32)19-11-20(22(23,24)25)29-30(19)2/h8-11,13,15H,3-7H2,1-2H3,(H,27,32)/t15-/m1/s1. The third-order valence-electron chi connectivity index (χ3n) is 6.00. The molecule has 168 valence electrons. The van der Waals surface area contributed by atoms with Gasteiger partial charge in [0.2, 0.25) is 0 Å². The summed E-state index contributed by atoms with van der Waals surface area (Å²) in [7, 11) is 1.33. The Balaban J connectivity index is 1.41. The van der Waals surface area contributed by atoms with Crippen molar-refractivity contribution in [3.05, 3.63) is 52.7 Å². The molecule has 2 aliphatic rings. The van der Waals surface area contributed by atoms with Crippen LogP contribution in [-0.2, 0) is 19.8 Å². The fourth-order valence-electron chi connectivity index (χ4n) is 4.25. The van der Waals surface area contributed by atoms with Gasteiger partial charge in [-0.3, -0.25) is 19.1 Å². The van der Waals surface area contributed by atoms with Crippen molar-refractivity contribution in [1.29, 1.82) is 0 Å². The fourth-order valence-corrected chi connectivity index (χ4v) is 4.25. The van der Waals surface area contributed by atoms with E-state index in [1.165, 1.54) is 7.05 Å². The Kier molecular flexibility index (Phi) is 4.83. The van der Waals surface area contributed by atoms with Crippen LogP contribution in [0.3, 0.4) is 0 Å². The van der Waals surface area contributed by atoms with Gasteiger partial charge in [0, 0.05) is 42.5 Å². The highest BCUT2D eigenvalue weighted by atomic mass is 19.4. The molecule has 0 saturated heterocycles. The van der Waals surface area contributed by atoms with E-state index in [2.05, 4.69) is 21.5 Å². The van der Waals surface area contributed by atoms with Gasteiger partial charge in [0.05, 0.1) is 17.4 Å². The van der Waals surface area contributed by atoms with Gasteiger partial charge in [-0.25, -0.2) is 0 Å². The number of amides is 1. The van der Waals surface area contributed by atoms with Gasteiger partial charge < -0.3 is 5.32 Å². The third kappa shape index (κ3) is 3.89. The number of nitrogens with zero attached hydrogens (tertiary/aromatic N) is 5. The molecular weight excluding hydrogens is 421 g/mol. The van der Waals surface area contributed by atoms with Crippen LogP contribution in [0.5, 0.6) is 0 Å². The van der Waals surface area contributed by atoms with Crippen LogP contribution < -0.4 is 5.32 Å². The molecule has 5 rings (SSSR count). The number of rotatable bonds is 4. The van der Waals surface area contributed by atoms with E-state index in [4.69, 9.17) is 5.10 Å². The highest BCUT2D eigenvalue weighted by molar-refractivity contribution is 5.93. The fraction of sp³-hybridized carbons (Fsp3) is 0.455. The molecule has 0 bridgehead atoms. The quantitative estimate of drug-likeness (QED) is 0.656. The maximum absolute atomic E-state index is 13.0. The van der Waals surface area contributed by atoms with Crippen molar-refractivity contribution in [2.75, 3.05) is 0 Å². The Bertz CT molecular complexity index is 1190. The van der Waals surface area contributed by atoms with E-state index in [9.17, 15) is 18.0 Å². The first-order valence-corrected chi connectivity index (χ1v) is 10.7. The molecule has 1 N–H and O–H groups in total. The van der Waals surface area contributed by atoms with E-state index in [0.717, 1.165) is 64.9 Å². The van der Waals surface area contributed by atoms with E-state index >= 15 is 0 Å². The summed E-state index contributed by atoms with van der Waals surface area (Å²) in [4.78, 5) is 17.4. The van der Waals surface area contributed by atoms with Crippen molar-refractivity contribution in [2.24, 2.45) is 7.05 Å². The van der Waals surface area contributed by atoms with Gasteiger partial charge in [-0.15, -0.1) is 0 Å². The lowest BCUT2D eigenvalue weighted by molar-refractivity contribution is -0.141. The molecule has 0 spiro atoms. The van der Waals surface area contributed by atoms with Crippen LogP contribution in [0.1, 0.15) is 70.9 Å². The van der Waals surface area contributed by atoms with Crippen LogP contribution in [0.4, 0.5) is 13.2 Å². The summed E-state index contributed by atoms with van der Waals surface area (Å²) in [6.07, 6.45) is -0.789. The summed E-state index contributed by atoms with van der Waals surface area (Å²) in [6, 6.07) is 6.48. The zero-order valence-electron chi connectivity index (χ0n) is 17.8. The lowest BCUT2D eigenvalue weighted by Gasteiger charge is -2.24. The highest BCUT2D eigenvalue weighted by Crippen LogP contribution is 2.40. The Morgan fingerprint density at radius 2 is 1.91 bits per heavy atom. The molecule has 32 heavy (non-hydrogen) atoms. The second kappa shape index (κ2) is 7.46. The summed E-state index contributed by atoms with van der Waals surface area (Å²) in [5.41, 5.74) is 3.47. The number of hydrogen-bond donors (Lipinski definition) is 1. The summed E-state index contributed by atoms with van der Waals surface area (Å²) < 4.78 is 41.7. The van der Waals surface area contributed by atoms with Gasteiger partial charge in [-0.05, 0) is 50.8 Å². The van der Waals surface area contributed by atoms with Gasteiger partial charge in [0.15, 0.2) is 5.69 Å². The number of halogens is 3. The van der Waals surface area contributed by atoms with Crippen molar-refractivity contribution >= 4 is 5.91 Å². The van der Waals surface area contributed by atoms with E-state index in [1.807, 2.05) is 23.7 Å². The average molecular weight is 444 g/mol. The van der Waals surface area contributed by atoms with Crippen LogP contribution in [0.15, 0.2) is 24.3 Å². The van der Waals surface area contributed by atoms with Crippen molar-refractivity contribution in [3.63, 3.8) is 0 Å². The largest absolute Gasteiger partial charge is 0.435 e. The van der Waals surface area contributed by atoms with Crippen molar-refractivity contribution < 1.29 is 18.0 Å². The minimum absolute atomic E-state index is 0.131. The molecule has 0 unspecified atom stereocenters. The van der Waals surface area contributed by atoms with Crippen molar-refractivity contribution in [2.45, 2.75) is 57.3 Å². The molecule has 1 fully saturated rings. The minimum Gasteiger partial charge on any atom is -0.342 e. The van der Waals surface area contributed by atoms with E-state index in [1.54, 1.807) is 0 Å². The van der Waals surface area contributed by atoms with Gasteiger partial charge >= 0.3 is 6.18 Å². The lowest BCUT2D eigenvalue weighted by atomic mass is 10.0. The first-order valence-electron chi connectivity index (χ1n) is 10.7. The number of aromatic nitrogens is 5. The number of nitrogens with one attached hydrogen (secondary N) is 1. The molecule has 1 amide bonds. The van der Waals surface area contributed by atoms with Crippen LogP contribution in [0.2, 0.25) is 0 Å². The number of hydrogen-bond acceptors (Lipinski definition) is 4. The smallest absolute Gasteiger partial charge is 0.342 e. The molecule has 0 aromatic carbocycles. The highest BCUT2D eigenvalue weighted by Gasteiger charge is 2.36. The summed E-state index contributed by atoms with van der Waals surface area (Å²) in [6.45, 7) is 2.70. The number of carbonyl (C=O) groups excluding carboxylic acids is 1. The molecule has 4 heterocycles. The Morgan fingerprint density at radius 3 is 2.59 bits per heavy atom. The van der Waals surface area contributed by atoms with E-state index in [0.29, 0.717) is 12.3 Å². The van der Waals surface area contributed by atoms with Gasteiger partial charge in [-0.2, -0.15) is 23.4 Å². The van der Waals surface area contributed by atoms with Crippen LogP contribution in [-0.4, -0.2) is 30.5 Å². The molecule has 7 nitrogen and oxygen atoms in total. The molecule has 1 atom stereocenters. The molecule has 1 aliphatic heterocycles. The SMILES string of the molecule is Cc1cc(-c2cc3n(n2)CCC[C@H]3NC(=O)c2cc(C(F)(F)F)nn2C)cc(C2CC2)n1. The minimum atomic E-state index is -4.60. The molecule has 0 radical (unpaired) electrons. The predicted octanol–water partition coefficient (Wildman–Crippen LogP) is 4.15. The summed E-state index contributed by atoms with van der Waals surface area (Å²) in [5.74, 6) is -0.0640. The monoisotopic (exact) mass is 444 g/mol. The predicted molar refractivity (Wildman–Crippen MR) is 110 cm³/mol. The molecule has 1 aliphatic carbocycles. The van der Waals surface area contributed by atoms with Crippen molar-refractivity contribution in [1.82, 2.24) is 29.9 Å². The van der Waals surface area contributed by atoms with Gasteiger partial charge in [0.1, 0.15) is 5.69 Å². The number of fused-ring (bicyclic) bond motifs is 1. The maximum Gasteiger partial charge on any atom is 0.435 e. The zero-order valence-corrected chi connectivity index (χ0v) is 17.8. The molecular formula is C22H23F3N6O. The second-order valence-corrected chi connectivity index (χ2v) is 8.58. The van der Waals surface area contributed by atoms with Gasteiger partial charge in [-0.1, -0.05) is 0 Å². The number of aryl methyl sites for hydroxylation is 3. The lowest BCUT2D eigenvalue weighted by Crippen LogP contribution is -2.33.